The quantitative estimate of drug-likeness (QED) is 0.778. The first kappa shape index (κ1) is 19.7. The topological polar surface area (TPSA) is 77.9 Å². The predicted octanol–water partition coefficient (Wildman–Crippen LogP) is 1.95. The van der Waals surface area contributed by atoms with Gasteiger partial charge in [-0.05, 0) is 24.1 Å². The molecule has 0 aromatic heterocycles. The molecule has 1 amide bonds. The van der Waals surface area contributed by atoms with Crippen LogP contribution < -0.4 is 0 Å². The van der Waals surface area contributed by atoms with Crippen molar-refractivity contribution in [1.82, 2.24) is 9.21 Å². The fourth-order valence-electron chi connectivity index (χ4n) is 2.44. The maximum Gasteiger partial charge on any atom is 0.251 e. The summed E-state index contributed by atoms with van der Waals surface area (Å²) in [6.45, 7) is 4.36. The van der Waals surface area contributed by atoms with Gasteiger partial charge in [0.1, 0.15) is 11.0 Å². The fourth-order valence-corrected chi connectivity index (χ4v) is 4.88. The molecule has 0 bridgehead atoms. The lowest BCUT2D eigenvalue weighted by molar-refractivity contribution is -0.143. The van der Waals surface area contributed by atoms with Gasteiger partial charge in [-0.2, -0.15) is 4.31 Å². The molecular formula is C15H20BrClN2O4S. The molecule has 1 atom stereocenters. The minimum Gasteiger partial charge on any atom is -0.383 e. The number of carbonyl (C=O) groups is 1. The molecule has 0 aliphatic carbocycles. The average molecular weight is 440 g/mol. The first-order valence-electron chi connectivity index (χ1n) is 7.56. The van der Waals surface area contributed by atoms with Gasteiger partial charge in [-0.25, -0.2) is 8.42 Å². The fraction of sp³-hybridized carbons (Fsp3) is 0.533. The summed E-state index contributed by atoms with van der Waals surface area (Å²) in [4.78, 5) is 13.7. The van der Waals surface area contributed by atoms with Gasteiger partial charge in [0.2, 0.25) is 10.0 Å². The van der Waals surface area contributed by atoms with E-state index >= 15 is 0 Å². The van der Waals surface area contributed by atoms with Crippen molar-refractivity contribution in [3.8, 4) is 0 Å². The third-order valence-electron chi connectivity index (χ3n) is 3.95. The van der Waals surface area contributed by atoms with E-state index in [0.29, 0.717) is 4.47 Å². The Balaban J connectivity index is 2.10. The van der Waals surface area contributed by atoms with Crippen molar-refractivity contribution in [2.75, 3.05) is 26.2 Å². The Morgan fingerprint density at radius 2 is 1.83 bits per heavy atom. The number of nitrogens with zero attached hydrogens (tertiary/aromatic N) is 2. The highest BCUT2D eigenvalue weighted by Crippen LogP contribution is 2.28. The van der Waals surface area contributed by atoms with E-state index in [-0.39, 0.29) is 47.9 Å². The van der Waals surface area contributed by atoms with Crippen LogP contribution in [0.15, 0.2) is 27.6 Å². The van der Waals surface area contributed by atoms with Gasteiger partial charge >= 0.3 is 0 Å². The lowest BCUT2D eigenvalue weighted by Crippen LogP contribution is -2.53. The van der Waals surface area contributed by atoms with E-state index in [4.69, 9.17) is 11.6 Å². The van der Waals surface area contributed by atoms with Crippen LogP contribution in [0.2, 0.25) is 5.02 Å². The maximum atomic E-state index is 12.7. The van der Waals surface area contributed by atoms with Crippen molar-refractivity contribution in [1.29, 1.82) is 0 Å². The van der Waals surface area contributed by atoms with Gasteiger partial charge in [0, 0.05) is 30.7 Å². The van der Waals surface area contributed by atoms with Crippen molar-refractivity contribution in [3.05, 3.63) is 27.7 Å². The summed E-state index contributed by atoms with van der Waals surface area (Å²) in [6, 6.07) is 4.62. The van der Waals surface area contributed by atoms with E-state index in [0.717, 1.165) is 0 Å². The smallest absolute Gasteiger partial charge is 0.251 e. The average Bonchev–Trinajstić information content (AvgIpc) is 2.53. The number of carbonyl (C=O) groups excluding carboxylic acids is 1. The highest BCUT2D eigenvalue weighted by Gasteiger charge is 2.33. The number of rotatable bonds is 4. The monoisotopic (exact) mass is 438 g/mol. The molecule has 0 saturated carbocycles. The van der Waals surface area contributed by atoms with Crippen LogP contribution in [-0.2, 0) is 14.8 Å². The second-order valence-corrected chi connectivity index (χ2v) is 9.22. The largest absolute Gasteiger partial charge is 0.383 e. The molecule has 24 heavy (non-hydrogen) atoms. The highest BCUT2D eigenvalue weighted by atomic mass is 79.9. The van der Waals surface area contributed by atoms with Crippen molar-refractivity contribution in [3.63, 3.8) is 0 Å². The van der Waals surface area contributed by atoms with E-state index in [2.05, 4.69) is 15.9 Å². The molecule has 0 unspecified atom stereocenters. The van der Waals surface area contributed by atoms with Crippen LogP contribution in [0, 0.1) is 5.92 Å². The summed E-state index contributed by atoms with van der Waals surface area (Å²) >= 11 is 9.30. The number of benzene rings is 1. The van der Waals surface area contributed by atoms with Crippen molar-refractivity contribution >= 4 is 43.5 Å². The summed E-state index contributed by atoms with van der Waals surface area (Å²) in [5.74, 6) is -0.537. The molecule has 9 heteroatoms. The molecule has 1 aromatic carbocycles. The van der Waals surface area contributed by atoms with E-state index in [1.54, 1.807) is 19.9 Å². The van der Waals surface area contributed by atoms with Gasteiger partial charge in [-0.1, -0.05) is 41.4 Å². The third kappa shape index (κ3) is 4.11. The van der Waals surface area contributed by atoms with Crippen molar-refractivity contribution < 1.29 is 18.3 Å². The molecule has 1 aliphatic rings. The first-order valence-corrected chi connectivity index (χ1v) is 10.2. The minimum absolute atomic E-state index is 0.0503. The molecule has 1 fully saturated rings. The molecule has 1 N–H and O–H groups in total. The lowest BCUT2D eigenvalue weighted by Gasteiger charge is -2.35. The van der Waals surface area contributed by atoms with E-state index < -0.39 is 16.1 Å². The molecule has 2 rings (SSSR count). The van der Waals surface area contributed by atoms with E-state index in [1.165, 1.54) is 21.3 Å². The molecule has 1 heterocycles. The highest BCUT2D eigenvalue weighted by molar-refractivity contribution is 9.10. The van der Waals surface area contributed by atoms with Crippen LogP contribution in [0.4, 0.5) is 0 Å². The first-order chi connectivity index (χ1) is 11.1. The maximum absolute atomic E-state index is 12.7. The number of hydrogen-bond acceptors (Lipinski definition) is 4. The Kier molecular flexibility index (Phi) is 6.30. The van der Waals surface area contributed by atoms with Gasteiger partial charge in [0.05, 0.1) is 5.02 Å². The standard InChI is InChI=1S/C15H20BrClN2O4S/c1-10(2)14(20)15(21)18-5-7-19(8-6-18)24(22,23)13-4-3-11(16)9-12(13)17/h3-4,9-10,14,20H,5-8H2,1-2H3/t14-/m0/s1. The van der Waals surface area contributed by atoms with Gasteiger partial charge in [0.25, 0.3) is 5.91 Å². The molecule has 0 spiro atoms. The minimum atomic E-state index is -3.72. The Morgan fingerprint density at radius 3 is 2.33 bits per heavy atom. The molecule has 1 saturated heterocycles. The number of piperazine rings is 1. The number of halogens is 2. The van der Waals surface area contributed by atoms with Crippen molar-refractivity contribution in [2.45, 2.75) is 24.8 Å². The second kappa shape index (κ2) is 7.70. The summed E-state index contributed by atoms with van der Waals surface area (Å²) in [6.07, 6.45) is -1.06. The molecule has 1 aromatic rings. The molecule has 1 aliphatic heterocycles. The summed E-state index contributed by atoms with van der Waals surface area (Å²) in [5, 5.41) is 10.0. The number of sulfonamides is 1. The van der Waals surface area contributed by atoms with Crippen LogP contribution in [-0.4, -0.2) is 60.9 Å². The van der Waals surface area contributed by atoms with Gasteiger partial charge in [0.15, 0.2) is 0 Å². The summed E-state index contributed by atoms with van der Waals surface area (Å²) in [5.41, 5.74) is 0. The molecule has 0 radical (unpaired) electrons. The number of hydrogen-bond donors (Lipinski definition) is 1. The molecule has 6 nitrogen and oxygen atoms in total. The normalized spacial score (nSPS) is 18.0. The van der Waals surface area contributed by atoms with Gasteiger partial charge < -0.3 is 10.0 Å². The van der Waals surface area contributed by atoms with Crippen LogP contribution in [0.5, 0.6) is 0 Å². The van der Waals surface area contributed by atoms with Crippen LogP contribution in [0.25, 0.3) is 0 Å². The van der Waals surface area contributed by atoms with Crippen molar-refractivity contribution in [2.24, 2.45) is 5.92 Å². The third-order valence-corrected chi connectivity index (χ3v) is 6.82. The Hall–Kier alpha value is -0.670. The number of amides is 1. The lowest BCUT2D eigenvalue weighted by atomic mass is 10.1. The Labute approximate surface area is 155 Å². The Bertz CT molecular complexity index is 718. The van der Waals surface area contributed by atoms with Gasteiger partial charge in [-0.15, -0.1) is 0 Å². The summed E-state index contributed by atoms with van der Waals surface area (Å²) < 4.78 is 27.4. The number of aliphatic hydroxyl groups excluding tert-OH is 1. The van der Waals surface area contributed by atoms with Crippen LogP contribution in [0.1, 0.15) is 13.8 Å². The zero-order chi connectivity index (χ0) is 18.1. The SMILES string of the molecule is CC(C)[C@H](O)C(=O)N1CCN(S(=O)(=O)c2ccc(Br)cc2Cl)CC1. The number of aliphatic hydroxyl groups is 1. The van der Waals surface area contributed by atoms with E-state index in [1.807, 2.05) is 0 Å². The van der Waals surface area contributed by atoms with E-state index in [9.17, 15) is 18.3 Å². The molecular weight excluding hydrogens is 420 g/mol. The molecule has 134 valence electrons. The van der Waals surface area contributed by atoms with Crippen LogP contribution >= 0.6 is 27.5 Å². The second-order valence-electron chi connectivity index (χ2n) is 5.99. The van der Waals surface area contributed by atoms with Gasteiger partial charge in [-0.3, -0.25) is 4.79 Å². The predicted molar refractivity (Wildman–Crippen MR) is 95.3 cm³/mol. The van der Waals surface area contributed by atoms with Crippen LogP contribution in [0.3, 0.4) is 0 Å². The zero-order valence-corrected chi connectivity index (χ0v) is 16.6. The zero-order valence-electron chi connectivity index (χ0n) is 13.4. The Morgan fingerprint density at radius 1 is 1.25 bits per heavy atom. The summed E-state index contributed by atoms with van der Waals surface area (Å²) in [7, 11) is -3.72.